The van der Waals surface area contributed by atoms with Crippen LogP contribution < -0.4 is 0 Å². The van der Waals surface area contributed by atoms with Gasteiger partial charge in [0.25, 0.3) is 0 Å². The second-order valence-electron chi connectivity index (χ2n) is 20.4. The fourth-order valence-electron chi connectivity index (χ4n) is 10.4. The first-order valence-electron chi connectivity index (χ1n) is 23.3. The largest absolute Gasteiger partial charge is 0.391 e. The first-order chi connectivity index (χ1) is 29.3. The third kappa shape index (κ3) is 12.3. The van der Waals surface area contributed by atoms with E-state index in [2.05, 4.69) is 26.0 Å². The summed E-state index contributed by atoms with van der Waals surface area (Å²) in [5, 5.41) is 52.2. The molecule has 3 aliphatic rings. The van der Waals surface area contributed by atoms with E-state index in [1.807, 2.05) is 86.5 Å². The fraction of sp³-hybridized carbons (Fsp3) is 0.837. The van der Waals surface area contributed by atoms with E-state index in [0.717, 1.165) is 5.56 Å². The van der Waals surface area contributed by atoms with Crippen LogP contribution in [0.3, 0.4) is 0 Å². The highest BCUT2D eigenvalue weighted by Gasteiger charge is 2.53. The van der Waals surface area contributed by atoms with Gasteiger partial charge in [-0.3, -0.25) is 4.79 Å². The number of carbonyl (C=O) groups is 1. The van der Waals surface area contributed by atoms with Crippen LogP contribution in [0, 0.1) is 29.6 Å². The zero-order chi connectivity index (χ0) is 47.4. The molecule has 1 aromatic rings. The third-order valence-corrected chi connectivity index (χ3v) is 15.0. The number of carbonyl (C=O) groups excluding carboxylic acids is 1. The molecule has 0 aromatic heterocycles. The van der Waals surface area contributed by atoms with Crippen molar-refractivity contribution in [3.63, 3.8) is 0 Å². The van der Waals surface area contributed by atoms with Crippen molar-refractivity contribution in [2.75, 3.05) is 28.3 Å². The number of rotatable bonds is 12. The summed E-state index contributed by atoms with van der Waals surface area (Å²) in [6.07, 6.45) is -6.50. The van der Waals surface area contributed by atoms with E-state index in [9.17, 15) is 25.2 Å². The summed E-state index contributed by atoms with van der Waals surface area (Å²) in [5.41, 5.74) is -1.23. The number of benzene rings is 1. The van der Waals surface area contributed by atoms with Crippen LogP contribution in [0.2, 0.25) is 0 Å². The molecule has 0 unspecified atom stereocenters. The van der Waals surface area contributed by atoms with Gasteiger partial charge in [-0.15, -0.1) is 0 Å². The molecule has 4 N–H and O–H groups in total. The molecule has 14 nitrogen and oxygen atoms in total. The highest BCUT2D eigenvalue weighted by atomic mass is 16.7. The minimum absolute atomic E-state index is 0.0537. The van der Waals surface area contributed by atoms with Crippen molar-refractivity contribution in [1.82, 2.24) is 4.90 Å². The molecule has 0 spiro atoms. The summed E-state index contributed by atoms with van der Waals surface area (Å²) in [7, 11) is 6.98. The van der Waals surface area contributed by atoms with Gasteiger partial charge in [0.2, 0.25) is 0 Å². The van der Waals surface area contributed by atoms with E-state index in [4.69, 9.17) is 38.4 Å². The summed E-state index contributed by atoms with van der Waals surface area (Å²) >= 11 is 0. The molecule has 362 valence electrons. The molecule has 63 heavy (non-hydrogen) atoms. The van der Waals surface area contributed by atoms with Crippen LogP contribution in [0.4, 0.5) is 0 Å². The van der Waals surface area contributed by atoms with Crippen LogP contribution >= 0.6 is 0 Å². The molecule has 0 radical (unpaired) electrons. The molecule has 1 aliphatic carbocycles. The lowest BCUT2D eigenvalue weighted by Crippen LogP contribution is -2.61. The van der Waals surface area contributed by atoms with Gasteiger partial charge < -0.3 is 58.6 Å². The van der Waals surface area contributed by atoms with Crippen molar-refractivity contribution in [1.29, 1.82) is 0 Å². The van der Waals surface area contributed by atoms with Gasteiger partial charge in [0.1, 0.15) is 24.6 Å². The summed E-state index contributed by atoms with van der Waals surface area (Å²) in [6, 6.07) is 7.93. The second kappa shape index (κ2) is 22.1. The maximum absolute atomic E-state index is 14.8. The maximum Gasteiger partial charge on any atom is 0.185 e. The molecule has 4 rings (SSSR count). The number of likely N-dealkylation sites (N-methyl/N-ethyl adjacent to an activating group) is 1. The maximum atomic E-state index is 14.8. The van der Waals surface area contributed by atoms with E-state index < -0.39 is 95.6 Å². The normalized spacial score (nSPS) is 43.3. The Kier molecular flexibility index (Phi) is 18.8. The summed E-state index contributed by atoms with van der Waals surface area (Å²) in [6.45, 7) is 23.0. The van der Waals surface area contributed by atoms with Crippen molar-refractivity contribution in [3.05, 3.63) is 35.4 Å². The predicted molar refractivity (Wildman–Crippen MR) is 242 cm³/mol. The Labute approximate surface area is 378 Å². The molecule has 2 heterocycles. The third-order valence-electron chi connectivity index (χ3n) is 15.0. The van der Waals surface area contributed by atoms with Crippen LogP contribution in [0.1, 0.15) is 132 Å². The van der Waals surface area contributed by atoms with Gasteiger partial charge in [0.05, 0.1) is 53.0 Å². The monoisotopic (exact) mass is 893 g/mol. The molecule has 14 heteroatoms. The fourth-order valence-corrected chi connectivity index (χ4v) is 10.4. The standard InChI is InChI=1S/C49H84N2O12/c1-17-36-23-38(52)30(6)42(62-39-25-47(10,57-15)44(55)33(9)61-39)32(8)45(63-46-41(53)37(51(13)14)22-29(5)60-46)48(11,58-16)24-28(4)40(31(7)43(54)49(36,12)56)50-59-26-34-18-20-35(21-19-34)27(2)3/h18-21,27-33,36-37,39,41-46,53-56H,17,22-26H2,1-16H3/b50-40+/t28-,29-,30+,31+,32+,33+,36+,37+,39+,41-,42-,43-,44+,45-,46+,47-,48-,49-/m1/s1. The van der Waals surface area contributed by atoms with Gasteiger partial charge in [0, 0.05) is 56.8 Å². The van der Waals surface area contributed by atoms with E-state index in [1.165, 1.54) is 5.56 Å². The van der Waals surface area contributed by atoms with Gasteiger partial charge in [-0.05, 0) is 84.5 Å². The Bertz CT molecular complexity index is 1630. The van der Waals surface area contributed by atoms with Crippen LogP contribution in [0.5, 0.6) is 0 Å². The van der Waals surface area contributed by atoms with Crippen LogP contribution in [0.15, 0.2) is 29.4 Å². The molecule has 3 fully saturated rings. The first-order valence-corrected chi connectivity index (χ1v) is 23.3. The Hall–Kier alpha value is -2.08. The molecular formula is C49H84N2O12. The number of ketones is 1. The zero-order valence-electron chi connectivity index (χ0n) is 41.2. The molecule has 2 saturated heterocycles. The lowest BCUT2D eigenvalue weighted by Gasteiger charge is -2.50. The van der Waals surface area contributed by atoms with Gasteiger partial charge in [-0.2, -0.15) is 0 Å². The van der Waals surface area contributed by atoms with Gasteiger partial charge >= 0.3 is 0 Å². The van der Waals surface area contributed by atoms with E-state index in [0.29, 0.717) is 24.5 Å². The zero-order valence-corrected chi connectivity index (χ0v) is 41.2. The molecule has 1 aromatic carbocycles. The minimum Gasteiger partial charge on any atom is -0.391 e. The highest BCUT2D eigenvalue weighted by Crippen LogP contribution is 2.43. The van der Waals surface area contributed by atoms with Crippen molar-refractivity contribution in [2.24, 2.45) is 34.7 Å². The number of hydrogen-bond donors (Lipinski definition) is 4. The van der Waals surface area contributed by atoms with Gasteiger partial charge in [0.15, 0.2) is 12.6 Å². The molecule has 2 aliphatic heterocycles. The SMILES string of the molecule is CC[C@H]1CC(=O)[C@H](C)[C@@H](O[C@H]2C[C@@](C)(OC)[C@@H](O)[C@H](C)O2)[C@H](C)[C@@H](O[C@@H]2O[C@H](C)C[C@H](N(C)C)[C@H]2O)[C@](C)(OC)C[C@@H](C)/C(=N\OCc2ccc(C(C)C)cc2)[C@H](C)[C@@H](O)[C@]1(C)O. The average molecular weight is 893 g/mol. The van der Waals surface area contributed by atoms with Crippen molar-refractivity contribution < 1.29 is 58.5 Å². The van der Waals surface area contributed by atoms with Crippen LogP contribution in [-0.2, 0) is 44.7 Å². The van der Waals surface area contributed by atoms with E-state index >= 15 is 0 Å². The summed E-state index contributed by atoms with van der Waals surface area (Å²) in [5.74, 6) is -2.97. The Morgan fingerprint density at radius 3 is 2.05 bits per heavy atom. The number of nitrogens with zero attached hydrogens (tertiary/aromatic N) is 2. The minimum atomic E-state index is -1.70. The molecule has 1 saturated carbocycles. The smallest absolute Gasteiger partial charge is 0.185 e. The lowest BCUT2D eigenvalue weighted by molar-refractivity contribution is -0.318. The van der Waals surface area contributed by atoms with Crippen molar-refractivity contribution >= 4 is 11.5 Å². The quantitative estimate of drug-likeness (QED) is 0.174. The van der Waals surface area contributed by atoms with Gasteiger partial charge in [-0.25, -0.2) is 0 Å². The molecule has 0 bridgehead atoms. The molecule has 0 amide bonds. The number of methoxy groups -OCH3 is 2. The van der Waals surface area contributed by atoms with Crippen molar-refractivity contribution in [2.45, 2.75) is 206 Å². The first kappa shape index (κ1) is 53.5. The van der Waals surface area contributed by atoms with Crippen LogP contribution in [-0.4, -0.2) is 143 Å². The summed E-state index contributed by atoms with van der Waals surface area (Å²) < 4.78 is 39.1. The average Bonchev–Trinajstić information content (AvgIpc) is 3.23. The Morgan fingerprint density at radius 1 is 0.873 bits per heavy atom. The number of aliphatic hydroxyl groups is 4. The number of aliphatic hydroxyl groups excluding tert-OH is 3. The number of ether oxygens (including phenoxy) is 6. The molecule has 18 atom stereocenters. The number of Topliss-reactive ketones (excluding diaryl/α,β-unsaturated/α-hetero) is 1. The Balaban J connectivity index is 1.89. The van der Waals surface area contributed by atoms with Crippen molar-refractivity contribution in [3.8, 4) is 0 Å². The summed E-state index contributed by atoms with van der Waals surface area (Å²) in [4.78, 5) is 22.8. The topological polar surface area (TPSA) is 178 Å². The highest BCUT2D eigenvalue weighted by molar-refractivity contribution is 5.89. The van der Waals surface area contributed by atoms with E-state index in [-0.39, 0.29) is 43.8 Å². The number of hydrogen-bond acceptors (Lipinski definition) is 14. The predicted octanol–water partition coefficient (Wildman–Crippen LogP) is 6.23. The molecular weight excluding hydrogens is 809 g/mol. The number of oxime groups is 1. The van der Waals surface area contributed by atoms with Crippen LogP contribution in [0.25, 0.3) is 0 Å². The lowest BCUT2D eigenvalue weighted by atomic mass is 9.69. The van der Waals surface area contributed by atoms with Gasteiger partial charge in [-0.1, -0.05) is 84.3 Å². The Morgan fingerprint density at radius 2 is 1.49 bits per heavy atom. The second-order valence-corrected chi connectivity index (χ2v) is 20.4. The van der Waals surface area contributed by atoms with E-state index in [1.54, 1.807) is 28.1 Å².